The van der Waals surface area contributed by atoms with Gasteiger partial charge in [-0.25, -0.2) is 0 Å². The van der Waals surface area contributed by atoms with Crippen LogP contribution in [0.15, 0.2) is 42.5 Å². The van der Waals surface area contributed by atoms with Crippen molar-refractivity contribution in [3.05, 3.63) is 42.5 Å². The Morgan fingerprint density at radius 3 is 2.38 bits per heavy atom. The molecule has 0 bridgehead atoms. The fourth-order valence-corrected chi connectivity index (χ4v) is 4.40. The molecule has 168 valence electrons. The van der Waals surface area contributed by atoms with Crippen LogP contribution in [0.1, 0.15) is 6.42 Å². The van der Waals surface area contributed by atoms with Gasteiger partial charge in [-0.3, -0.25) is 9.59 Å². The highest BCUT2D eigenvalue weighted by Crippen LogP contribution is 2.36. The van der Waals surface area contributed by atoms with E-state index in [4.69, 9.17) is 9.47 Å². The molecule has 2 fully saturated rings. The second kappa shape index (κ2) is 8.70. The van der Waals surface area contributed by atoms with Gasteiger partial charge < -0.3 is 29.5 Å². The zero-order chi connectivity index (χ0) is 22.1. The summed E-state index contributed by atoms with van der Waals surface area (Å²) < 4.78 is 11.2. The number of piperazine rings is 1. The van der Waals surface area contributed by atoms with Gasteiger partial charge in [0, 0.05) is 62.3 Å². The minimum Gasteiger partial charge on any atom is -0.486 e. The van der Waals surface area contributed by atoms with Crippen molar-refractivity contribution in [1.29, 1.82) is 0 Å². The number of carbonyl (C=O) groups excluding carboxylic acids is 2. The maximum atomic E-state index is 12.8. The molecule has 32 heavy (non-hydrogen) atoms. The van der Waals surface area contributed by atoms with E-state index in [-0.39, 0.29) is 18.2 Å². The van der Waals surface area contributed by atoms with Crippen LogP contribution in [-0.4, -0.2) is 69.7 Å². The second-order valence-electron chi connectivity index (χ2n) is 8.56. The van der Waals surface area contributed by atoms with Gasteiger partial charge in [0.1, 0.15) is 13.2 Å². The summed E-state index contributed by atoms with van der Waals surface area (Å²) in [6, 6.07) is 13.4. The summed E-state index contributed by atoms with van der Waals surface area (Å²) in [5.74, 6) is 0.724. The number of rotatable bonds is 4. The minimum atomic E-state index is -0.395. The average Bonchev–Trinajstić information content (AvgIpc) is 3.21. The smallest absolute Gasteiger partial charge is 0.229 e. The molecule has 2 aromatic rings. The molecule has 0 spiro atoms. The molecule has 0 unspecified atom stereocenters. The molecule has 3 aliphatic heterocycles. The van der Waals surface area contributed by atoms with Crippen LogP contribution in [0.4, 0.5) is 17.1 Å². The predicted molar refractivity (Wildman–Crippen MR) is 123 cm³/mol. The van der Waals surface area contributed by atoms with Gasteiger partial charge >= 0.3 is 0 Å². The lowest BCUT2D eigenvalue weighted by atomic mass is 10.1. The Morgan fingerprint density at radius 2 is 1.62 bits per heavy atom. The molecule has 1 atom stereocenters. The zero-order valence-electron chi connectivity index (χ0n) is 18.3. The number of likely N-dealkylation sites (N-methyl/N-ethyl adjacent to an activating group) is 1. The number of nitrogens with one attached hydrogen (secondary N) is 1. The Balaban J connectivity index is 1.20. The summed E-state index contributed by atoms with van der Waals surface area (Å²) in [5.41, 5.74) is 2.64. The first-order valence-electron chi connectivity index (χ1n) is 11.1. The molecular formula is C24H28N4O4. The van der Waals surface area contributed by atoms with Crippen molar-refractivity contribution >= 4 is 28.9 Å². The average molecular weight is 437 g/mol. The lowest BCUT2D eigenvalue weighted by molar-refractivity contribution is -0.122. The van der Waals surface area contributed by atoms with Crippen LogP contribution in [0.25, 0.3) is 0 Å². The lowest BCUT2D eigenvalue weighted by Gasteiger charge is -2.34. The number of carbonyl (C=O) groups is 2. The molecule has 2 amide bonds. The third-order valence-corrected chi connectivity index (χ3v) is 6.34. The van der Waals surface area contributed by atoms with Gasteiger partial charge in [-0.1, -0.05) is 0 Å². The summed E-state index contributed by atoms with van der Waals surface area (Å²) in [6.07, 6.45) is 0.194. The minimum absolute atomic E-state index is 0.0627. The molecule has 3 heterocycles. The summed E-state index contributed by atoms with van der Waals surface area (Å²) in [7, 11) is 2.14. The third kappa shape index (κ3) is 4.23. The fourth-order valence-electron chi connectivity index (χ4n) is 4.40. The van der Waals surface area contributed by atoms with E-state index in [9.17, 15) is 9.59 Å². The first kappa shape index (κ1) is 20.6. The van der Waals surface area contributed by atoms with Crippen molar-refractivity contribution in [3.63, 3.8) is 0 Å². The molecule has 5 rings (SSSR count). The molecule has 0 aromatic heterocycles. The van der Waals surface area contributed by atoms with Crippen LogP contribution in [-0.2, 0) is 9.59 Å². The summed E-state index contributed by atoms with van der Waals surface area (Å²) >= 11 is 0. The van der Waals surface area contributed by atoms with E-state index in [0.717, 1.165) is 43.2 Å². The summed E-state index contributed by atoms with van der Waals surface area (Å²) in [5, 5.41) is 2.97. The SMILES string of the molecule is CN1CCN(c2ccc(NC(=O)[C@@H]3CC(=O)N(c4ccc5c(c4)OCCO5)C3)cc2)CC1. The molecule has 2 saturated heterocycles. The molecule has 2 aromatic carbocycles. The number of anilines is 3. The predicted octanol–water partition coefficient (Wildman–Crippen LogP) is 2.20. The van der Waals surface area contributed by atoms with E-state index in [0.29, 0.717) is 31.3 Å². The van der Waals surface area contributed by atoms with Gasteiger partial charge in [0.2, 0.25) is 11.8 Å². The largest absolute Gasteiger partial charge is 0.486 e. The molecule has 8 heteroatoms. The monoisotopic (exact) mass is 436 g/mol. The highest BCUT2D eigenvalue weighted by Gasteiger charge is 2.35. The van der Waals surface area contributed by atoms with Gasteiger partial charge in [0.05, 0.1) is 5.92 Å². The van der Waals surface area contributed by atoms with Crippen LogP contribution in [0.2, 0.25) is 0 Å². The summed E-state index contributed by atoms with van der Waals surface area (Å²) in [6.45, 7) is 5.46. The third-order valence-electron chi connectivity index (χ3n) is 6.34. The van der Waals surface area contributed by atoms with Crippen molar-refractivity contribution in [2.24, 2.45) is 5.92 Å². The van der Waals surface area contributed by atoms with Crippen molar-refractivity contribution in [1.82, 2.24) is 4.90 Å². The van der Waals surface area contributed by atoms with Crippen LogP contribution in [0.3, 0.4) is 0 Å². The van der Waals surface area contributed by atoms with Crippen LogP contribution < -0.4 is 24.6 Å². The van der Waals surface area contributed by atoms with E-state index >= 15 is 0 Å². The Bertz CT molecular complexity index is 1000. The first-order chi connectivity index (χ1) is 15.6. The van der Waals surface area contributed by atoms with Crippen molar-refractivity contribution in [2.45, 2.75) is 6.42 Å². The maximum Gasteiger partial charge on any atom is 0.229 e. The molecule has 3 aliphatic rings. The van der Waals surface area contributed by atoms with E-state index in [1.54, 1.807) is 4.90 Å². The van der Waals surface area contributed by atoms with Gasteiger partial charge in [0.15, 0.2) is 11.5 Å². The topological polar surface area (TPSA) is 74.4 Å². The van der Waals surface area contributed by atoms with E-state index in [1.807, 2.05) is 42.5 Å². The van der Waals surface area contributed by atoms with E-state index < -0.39 is 5.92 Å². The van der Waals surface area contributed by atoms with Crippen molar-refractivity contribution in [2.75, 3.05) is 68.1 Å². The number of hydrogen-bond donors (Lipinski definition) is 1. The lowest BCUT2D eigenvalue weighted by Crippen LogP contribution is -2.44. The van der Waals surface area contributed by atoms with Gasteiger partial charge in [0.25, 0.3) is 0 Å². The molecule has 8 nitrogen and oxygen atoms in total. The van der Waals surface area contributed by atoms with E-state index in [1.165, 1.54) is 0 Å². The Hall–Kier alpha value is -3.26. The number of ether oxygens (including phenoxy) is 2. The van der Waals surface area contributed by atoms with Gasteiger partial charge in [-0.15, -0.1) is 0 Å². The summed E-state index contributed by atoms with van der Waals surface area (Å²) in [4.78, 5) is 31.8. The fraction of sp³-hybridized carbons (Fsp3) is 0.417. The second-order valence-corrected chi connectivity index (χ2v) is 8.56. The Morgan fingerprint density at radius 1 is 0.938 bits per heavy atom. The Labute approximate surface area is 187 Å². The highest BCUT2D eigenvalue weighted by atomic mass is 16.6. The normalized spacial score (nSPS) is 21.0. The molecule has 0 radical (unpaired) electrons. The molecular weight excluding hydrogens is 408 g/mol. The number of nitrogens with zero attached hydrogens (tertiary/aromatic N) is 3. The number of benzene rings is 2. The number of amides is 2. The van der Waals surface area contributed by atoms with Gasteiger partial charge in [-0.05, 0) is 43.4 Å². The highest BCUT2D eigenvalue weighted by molar-refractivity contribution is 6.03. The van der Waals surface area contributed by atoms with Gasteiger partial charge in [-0.2, -0.15) is 0 Å². The first-order valence-corrected chi connectivity index (χ1v) is 11.1. The van der Waals surface area contributed by atoms with Crippen LogP contribution in [0.5, 0.6) is 11.5 Å². The molecule has 1 N–H and O–H groups in total. The quantitative estimate of drug-likeness (QED) is 0.792. The van der Waals surface area contributed by atoms with E-state index in [2.05, 4.69) is 22.2 Å². The standard InChI is InChI=1S/C24H28N4O4/c1-26-8-10-27(11-9-26)19-4-2-18(3-5-19)25-24(30)17-14-23(29)28(16-17)20-6-7-21-22(15-20)32-13-12-31-21/h2-7,15,17H,8-14,16H2,1H3,(H,25,30)/t17-/m1/s1. The van der Waals surface area contributed by atoms with Crippen LogP contribution in [0, 0.1) is 5.92 Å². The van der Waals surface area contributed by atoms with Crippen LogP contribution >= 0.6 is 0 Å². The van der Waals surface area contributed by atoms with Crippen molar-refractivity contribution in [3.8, 4) is 11.5 Å². The molecule has 0 aliphatic carbocycles. The Kier molecular flexibility index (Phi) is 5.61. The van der Waals surface area contributed by atoms with Crippen molar-refractivity contribution < 1.29 is 19.1 Å². The number of fused-ring (bicyclic) bond motifs is 1. The maximum absolute atomic E-state index is 12.8. The molecule has 0 saturated carbocycles. The number of hydrogen-bond acceptors (Lipinski definition) is 6. The zero-order valence-corrected chi connectivity index (χ0v) is 18.3.